The number of carboxylic acid groups (broad SMARTS) is 1. The Morgan fingerprint density at radius 2 is 1.74 bits per heavy atom. The molecule has 0 aromatic heterocycles. The van der Waals surface area contributed by atoms with Crippen LogP contribution < -0.4 is 0 Å². The predicted octanol–water partition coefficient (Wildman–Crippen LogP) is 2.59. The van der Waals surface area contributed by atoms with E-state index in [1.807, 2.05) is 24.8 Å². The average molecular weight is 283 g/mol. The molecule has 0 amide bonds. The number of hydrogen-bond acceptors (Lipinski definition) is 3. The SMILES string of the molecule is CC(=O)C(C)(C)N(C/C=C\C=C/CC(=O)O)C(C)=S. The number of Topliss-reactive ketones (excluding diaryl/α,β-unsaturated/α-hetero) is 1. The van der Waals surface area contributed by atoms with Crippen LogP contribution in [0.4, 0.5) is 0 Å². The van der Waals surface area contributed by atoms with Crippen molar-refractivity contribution in [1.29, 1.82) is 0 Å². The molecular weight excluding hydrogens is 262 g/mol. The van der Waals surface area contributed by atoms with Gasteiger partial charge in [0.1, 0.15) is 0 Å². The maximum atomic E-state index is 11.6. The van der Waals surface area contributed by atoms with Crippen molar-refractivity contribution in [2.75, 3.05) is 6.54 Å². The van der Waals surface area contributed by atoms with Crippen molar-refractivity contribution >= 4 is 29.0 Å². The van der Waals surface area contributed by atoms with Gasteiger partial charge in [-0.1, -0.05) is 36.5 Å². The number of carboxylic acids is 1. The van der Waals surface area contributed by atoms with E-state index >= 15 is 0 Å². The van der Waals surface area contributed by atoms with Gasteiger partial charge in [-0.3, -0.25) is 9.59 Å². The molecule has 19 heavy (non-hydrogen) atoms. The van der Waals surface area contributed by atoms with Crippen molar-refractivity contribution in [2.45, 2.75) is 39.7 Å². The van der Waals surface area contributed by atoms with Crippen molar-refractivity contribution in [3.63, 3.8) is 0 Å². The summed E-state index contributed by atoms with van der Waals surface area (Å²) in [6.07, 6.45) is 6.83. The Morgan fingerprint density at radius 3 is 2.16 bits per heavy atom. The highest BCUT2D eigenvalue weighted by atomic mass is 32.1. The van der Waals surface area contributed by atoms with E-state index in [4.69, 9.17) is 17.3 Å². The lowest BCUT2D eigenvalue weighted by molar-refractivity contribution is -0.136. The van der Waals surface area contributed by atoms with Gasteiger partial charge in [-0.05, 0) is 27.7 Å². The molecule has 0 fully saturated rings. The highest BCUT2D eigenvalue weighted by molar-refractivity contribution is 7.80. The van der Waals surface area contributed by atoms with Crippen molar-refractivity contribution in [2.24, 2.45) is 0 Å². The topological polar surface area (TPSA) is 57.6 Å². The lowest BCUT2D eigenvalue weighted by Crippen LogP contribution is -2.50. The number of hydrogen-bond donors (Lipinski definition) is 1. The first kappa shape index (κ1) is 17.5. The normalized spacial score (nSPS) is 12.0. The standard InChI is InChI=1S/C14H21NO3S/c1-11(16)14(3,4)15(12(2)19)10-8-6-5-7-9-13(17)18/h5-8H,9-10H2,1-4H3,(H,17,18)/b7-5-,8-6-. The van der Waals surface area contributed by atoms with Crippen LogP contribution in [0.1, 0.15) is 34.1 Å². The number of rotatable bonds is 7. The van der Waals surface area contributed by atoms with E-state index in [9.17, 15) is 9.59 Å². The van der Waals surface area contributed by atoms with Crippen LogP contribution in [0.3, 0.4) is 0 Å². The summed E-state index contributed by atoms with van der Waals surface area (Å²) in [5.74, 6) is -0.815. The lowest BCUT2D eigenvalue weighted by atomic mass is 9.97. The zero-order chi connectivity index (χ0) is 15.1. The molecule has 0 radical (unpaired) electrons. The van der Waals surface area contributed by atoms with Crippen LogP contribution in [-0.4, -0.2) is 38.8 Å². The van der Waals surface area contributed by atoms with Gasteiger partial charge in [-0.25, -0.2) is 0 Å². The Labute approximate surface area is 119 Å². The third-order valence-corrected chi connectivity index (χ3v) is 3.10. The molecule has 0 atom stereocenters. The molecule has 0 aliphatic carbocycles. The second-order valence-corrected chi connectivity index (χ2v) is 5.29. The van der Waals surface area contributed by atoms with Crippen LogP contribution >= 0.6 is 12.2 Å². The van der Waals surface area contributed by atoms with Gasteiger partial charge >= 0.3 is 5.97 Å². The Balaban J connectivity index is 4.59. The van der Waals surface area contributed by atoms with Gasteiger partial charge in [0.05, 0.1) is 16.9 Å². The fourth-order valence-electron chi connectivity index (χ4n) is 1.43. The van der Waals surface area contributed by atoms with Crippen molar-refractivity contribution in [3.8, 4) is 0 Å². The number of aliphatic carboxylic acids is 1. The van der Waals surface area contributed by atoms with Gasteiger partial charge in [-0.2, -0.15) is 0 Å². The number of thiocarbonyl (C=S) groups is 1. The molecule has 106 valence electrons. The zero-order valence-corrected chi connectivity index (χ0v) is 12.7. The van der Waals surface area contributed by atoms with Crippen LogP contribution in [0.15, 0.2) is 24.3 Å². The van der Waals surface area contributed by atoms with Crippen LogP contribution in [0, 0.1) is 0 Å². The first-order valence-corrected chi connectivity index (χ1v) is 6.43. The van der Waals surface area contributed by atoms with Gasteiger partial charge in [0.25, 0.3) is 0 Å². The molecule has 0 aliphatic heterocycles. The first-order valence-electron chi connectivity index (χ1n) is 6.02. The molecule has 0 aliphatic rings. The molecule has 0 bridgehead atoms. The van der Waals surface area contributed by atoms with E-state index in [1.165, 1.54) is 0 Å². The number of ketones is 1. The second-order valence-electron chi connectivity index (χ2n) is 4.70. The molecular formula is C14H21NO3S. The largest absolute Gasteiger partial charge is 0.481 e. The first-order chi connectivity index (χ1) is 8.69. The molecule has 0 saturated carbocycles. The fraction of sp³-hybridized carbons (Fsp3) is 0.500. The van der Waals surface area contributed by atoms with Crippen molar-refractivity contribution < 1.29 is 14.7 Å². The summed E-state index contributed by atoms with van der Waals surface area (Å²) >= 11 is 5.16. The average Bonchev–Trinajstić information content (AvgIpc) is 2.26. The highest BCUT2D eigenvalue weighted by Gasteiger charge is 2.30. The van der Waals surface area contributed by atoms with Crippen LogP contribution in [0.25, 0.3) is 0 Å². The number of nitrogens with zero attached hydrogens (tertiary/aromatic N) is 1. The smallest absolute Gasteiger partial charge is 0.307 e. The van der Waals surface area contributed by atoms with Crippen LogP contribution in [-0.2, 0) is 9.59 Å². The number of carbonyl (C=O) groups is 2. The molecule has 0 aromatic carbocycles. The third-order valence-electron chi connectivity index (χ3n) is 2.88. The van der Waals surface area contributed by atoms with Gasteiger partial charge in [-0.15, -0.1) is 0 Å². The third kappa shape index (κ3) is 6.29. The summed E-state index contributed by atoms with van der Waals surface area (Å²) in [4.78, 5) is 24.4. The van der Waals surface area contributed by atoms with E-state index in [2.05, 4.69) is 0 Å². The fourth-order valence-corrected chi connectivity index (χ4v) is 1.74. The minimum absolute atomic E-state index is 0.000810. The Kier molecular flexibility index (Phi) is 7.22. The summed E-state index contributed by atoms with van der Waals surface area (Å²) in [5, 5.41) is 8.46. The summed E-state index contributed by atoms with van der Waals surface area (Å²) < 4.78 is 0. The maximum absolute atomic E-state index is 11.6. The molecule has 0 rings (SSSR count). The quantitative estimate of drug-likeness (QED) is 0.575. The lowest BCUT2D eigenvalue weighted by Gasteiger charge is -2.37. The predicted molar refractivity (Wildman–Crippen MR) is 80.3 cm³/mol. The monoisotopic (exact) mass is 283 g/mol. The molecule has 0 spiro atoms. The summed E-state index contributed by atoms with van der Waals surface area (Å²) in [6.45, 7) is 7.51. The molecule has 1 N–H and O–H groups in total. The van der Waals surface area contributed by atoms with Crippen molar-refractivity contribution in [3.05, 3.63) is 24.3 Å². The minimum Gasteiger partial charge on any atom is -0.481 e. The highest BCUT2D eigenvalue weighted by Crippen LogP contribution is 2.16. The van der Waals surface area contributed by atoms with Gasteiger partial charge in [0.15, 0.2) is 5.78 Å². The summed E-state index contributed by atoms with van der Waals surface area (Å²) in [7, 11) is 0. The van der Waals surface area contributed by atoms with E-state index < -0.39 is 11.5 Å². The van der Waals surface area contributed by atoms with E-state index in [0.29, 0.717) is 11.5 Å². The van der Waals surface area contributed by atoms with Gasteiger partial charge in [0.2, 0.25) is 0 Å². The van der Waals surface area contributed by atoms with Gasteiger partial charge in [0, 0.05) is 6.54 Å². The Hall–Kier alpha value is -1.49. The number of carbonyl (C=O) groups excluding carboxylic acids is 1. The Morgan fingerprint density at radius 1 is 1.21 bits per heavy atom. The van der Waals surface area contributed by atoms with E-state index in [-0.39, 0.29) is 12.2 Å². The molecule has 0 unspecified atom stereocenters. The van der Waals surface area contributed by atoms with Crippen LogP contribution in [0.2, 0.25) is 0 Å². The molecule has 4 nitrogen and oxygen atoms in total. The summed E-state index contributed by atoms with van der Waals surface area (Å²) in [6, 6.07) is 0. The van der Waals surface area contributed by atoms with E-state index in [0.717, 1.165) is 0 Å². The molecule has 5 heteroatoms. The number of allylic oxidation sites excluding steroid dienone is 2. The van der Waals surface area contributed by atoms with Gasteiger partial charge < -0.3 is 10.0 Å². The second kappa shape index (κ2) is 7.84. The Bertz CT molecular complexity index is 411. The maximum Gasteiger partial charge on any atom is 0.307 e. The van der Waals surface area contributed by atoms with Crippen molar-refractivity contribution in [1.82, 2.24) is 4.90 Å². The molecule has 0 aromatic rings. The van der Waals surface area contributed by atoms with Crippen LogP contribution in [0.5, 0.6) is 0 Å². The molecule has 0 heterocycles. The van der Waals surface area contributed by atoms with E-state index in [1.54, 1.807) is 32.1 Å². The zero-order valence-electron chi connectivity index (χ0n) is 11.8. The molecule has 0 saturated heterocycles. The minimum atomic E-state index is -0.862. The summed E-state index contributed by atoms with van der Waals surface area (Å²) in [5.41, 5.74) is -0.638.